The monoisotopic (exact) mass is 405 g/mol. The van der Waals surface area contributed by atoms with Crippen molar-refractivity contribution in [2.45, 2.75) is 45.4 Å². The summed E-state index contributed by atoms with van der Waals surface area (Å²) < 4.78 is 11.0. The summed E-state index contributed by atoms with van der Waals surface area (Å²) in [5.41, 5.74) is 4.09. The van der Waals surface area contributed by atoms with Crippen LogP contribution in [0.5, 0.6) is 5.75 Å². The fourth-order valence-corrected chi connectivity index (χ4v) is 3.75. The Hall–Kier alpha value is -3.15. The van der Waals surface area contributed by atoms with Gasteiger partial charge in [0.15, 0.2) is 0 Å². The normalized spacial score (nSPS) is 16.9. The van der Waals surface area contributed by atoms with E-state index in [9.17, 15) is 4.79 Å². The highest BCUT2D eigenvalue weighted by Crippen LogP contribution is 2.37. The topological polar surface area (TPSA) is 68.5 Å². The predicted octanol–water partition coefficient (Wildman–Crippen LogP) is 4.87. The summed E-state index contributed by atoms with van der Waals surface area (Å²) in [5.74, 6) is 1.60. The van der Waals surface area contributed by atoms with Gasteiger partial charge in [-0.1, -0.05) is 56.3 Å². The van der Waals surface area contributed by atoms with Crippen molar-refractivity contribution in [3.8, 4) is 17.1 Å². The summed E-state index contributed by atoms with van der Waals surface area (Å²) >= 11 is 0. The second-order valence-electron chi connectivity index (χ2n) is 8.86. The first-order valence-corrected chi connectivity index (χ1v) is 10.2. The molecule has 4 rings (SSSR count). The number of rotatable bonds is 4. The standard InChI is InChI=1S/C24H27N3O3/c1-15-6-11-20(29-5)19(12-15)27-14-17(13-21(27)28)23-25-22(26-30-23)16-7-9-18(10-8-16)24(2,3)4/h6-12,17H,13-14H2,1-5H3. The molecule has 1 saturated heterocycles. The van der Waals surface area contributed by atoms with E-state index in [1.807, 2.05) is 37.3 Å². The molecule has 2 aromatic carbocycles. The minimum atomic E-state index is -0.141. The maximum Gasteiger partial charge on any atom is 0.232 e. The molecule has 1 aromatic heterocycles. The second-order valence-corrected chi connectivity index (χ2v) is 8.86. The second kappa shape index (κ2) is 7.59. The molecule has 1 aliphatic heterocycles. The number of hydrogen-bond donors (Lipinski definition) is 0. The highest BCUT2D eigenvalue weighted by Gasteiger charge is 2.36. The van der Waals surface area contributed by atoms with Crippen molar-refractivity contribution in [2.75, 3.05) is 18.6 Å². The Morgan fingerprint density at radius 2 is 1.87 bits per heavy atom. The number of aryl methyl sites for hydroxylation is 1. The SMILES string of the molecule is COc1ccc(C)cc1N1CC(c2nc(-c3ccc(C(C)(C)C)cc3)no2)CC1=O. The van der Waals surface area contributed by atoms with Gasteiger partial charge in [-0.15, -0.1) is 0 Å². The van der Waals surface area contributed by atoms with Gasteiger partial charge in [-0.05, 0) is 35.6 Å². The van der Waals surface area contributed by atoms with Crippen LogP contribution in [-0.4, -0.2) is 29.7 Å². The van der Waals surface area contributed by atoms with Crippen LogP contribution in [0.3, 0.4) is 0 Å². The van der Waals surface area contributed by atoms with E-state index in [2.05, 4.69) is 43.0 Å². The van der Waals surface area contributed by atoms with Gasteiger partial charge in [0.2, 0.25) is 17.6 Å². The fraction of sp³-hybridized carbons (Fsp3) is 0.375. The first-order valence-electron chi connectivity index (χ1n) is 10.2. The van der Waals surface area contributed by atoms with Crippen molar-refractivity contribution in [3.63, 3.8) is 0 Å². The zero-order valence-corrected chi connectivity index (χ0v) is 18.1. The van der Waals surface area contributed by atoms with Crippen molar-refractivity contribution >= 4 is 11.6 Å². The molecule has 3 aromatic rings. The van der Waals surface area contributed by atoms with Crippen LogP contribution in [0.15, 0.2) is 47.0 Å². The molecule has 0 bridgehead atoms. The molecule has 6 nitrogen and oxygen atoms in total. The van der Waals surface area contributed by atoms with Gasteiger partial charge in [0, 0.05) is 18.5 Å². The number of nitrogens with zero attached hydrogens (tertiary/aromatic N) is 3. The number of methoxy groups -OCH3 is 1. The Morgan fingerprint density at radius 3 is 2.53 bits per heavy atom. The van der Waals surface area contributed by atoms with Gasteiger partial charge in [0.05, 0.1) is 18.7 Å². The molecule has 156 valence electrons. The quantitative estimate of drug-likeness (QED) is 0.619. The molecular weight excluding hydrogens is 378 g/mol. The fourth-order valence-electron chi connectivity index (χ4n) is 3.75. The van der Waals surface area contributed by atoms with E-state index < -0.39 is 0 Å². The Kier molecular flexibility index (Phi) is 5.10. The van der Waals surface area contributed by atoms with Crippen LogP contribution >= 0.6 is 0 Å². The van der Waals surface area contributed by atoms with Crippen molar-refractivity contribution in [3.05, 3.63) is 59.5 Å². The number of anilines is 1. The van der Waals surface area contributed by atoms with E-state index in [1.54, 1.807) is 12.0 Å². The minimum absolute atomic E-state index is 0.0261. The minimum Gasteiger partial charge on any atom is -0.495 e. The zero-order chi connectivity index (χ0) is 21.5. The molecule has 0 spiro atoms. The maximum atomic E-state index is 12.7. The molecule has 6 heteroatoms. The third-order valence-corrected chi connectivity index (χ3v) is 5.55. The van der Waals surface area contributed by atoms with E-state index in [0.29, 0.717) is 30.4 Å². The smallest absolute Gasteiger partial charge is 0.232 e. The Labute approximate surface area is 176 Å². The van der Waals surface area contributed by atoms with Crippen molar-refractivity contribution in [1.29, 1.82) is 0 Å². The number of benzene rings is 2. The van der Waals surface area contributed by atoms with Crippen LogP contribution in [0, 0.1) is 6.92 Å². The molecule has 1 aliphatic rings. The van der Waals surface area contributed by atoms with Crippen LogP contribution in [0.2, 0.25) is 0 Å². The van der Waals surface area contributed by atoms with Gasteiger partial charge >= 0.3 is 0 Å². The van der Waals surface area contributed by atoms with Gasteiger partial charge < -0.3 is 14.2 Å². The van der Waals surface area contributed by atoms with Crippen LogP contribution in [0.4, 0.5) is 5.69 Å². The number of amides is 1. The number of hydrogen-bond acceptors (Lipinski definition) is 5. The molecule has 1 fully saturated rings. The number of carbonyl (C=O) groups excluding carboxylic acids is 1. The van der Waals surface area contributed by atoms with E-state index in [4.69, 9.17) is 9.26 Å². The number of carbonyl (C=O) groups is 1. The maximum absolute atomic E-state index is 12.7. The Bertz CT molecular complexity index is 1060. The van der Waals surface area contributed by atoms with Crippen LogP contribution in [0.25, 0.3) is 11.4 Å². The molecule has 1 unspecified atom stereocenters. The Morgan fingerprint density at radius 1 is 1.13 bits per heavy atom. The third kappa shape index (κ3) is 3.82. The number of aromatic nitrogens is 2. The average Bonchev–Trinajstić information content (AvgIpc) is 3.34. The molecule has 0 saturated carbocycles. The lowest BCUT2D eigenvalue weighted by atomic mass is 9.87. The summed E-state index contributed by atoms with van der Waals surface area (Å²) in [6.45, 7) is 9.03. The van der Waals surface area contributed by atoms with Crippen molar-refractivity contribution in [1.82, 2.24) is 10.1 Å². The summed E-state index contributed by atoms with van der Waals surface area (Å²) in [5, 5.41) is 4.15. The largest absolute Gasteiger partial charge is 0.495 e. The zero-order valence-electron chi connectivity index (χ0n) is 18.1. The molecular formula is C24H27N3O3. The average molecular weight is 405 g/mol. The third-order valence-electron chi connectivity index (χ3n) is 5.55. The predicted molar refractivity (Wildman–Crippen MR) is 116 cm³/mol. The summed E-state index contributed by atoms with van der Waals surface area (Å²) in [4.78, 5) is 19.1. The van der Waals surface area contributed by atoms with Crippen LogP contribution in [0.1, 0.15) is 50.1 Å². The van der Waals surface area contributed by atoms with Gasteiger partial charge in [-0.2, -0.15) is 4.98 Å². The number of ether oxygens (including phenoxy) is 1. The van der Waals surface area contributed by atoms with Gasteiger partial charge in [-0.3, -0.25) is 4.79 Å². The lowest BCUT2D eigenvalue weighted by Gasteiger charge is -2.19. The molecule has 0 N–H and O–H groups in total. The summed E-state index contributed by atoms with van der Waals surface area (Å²) in [6.07, 6.45) is 0.335. The van der Waals surface area contributed by atoms with Gasteiger partial charge in [-0.25, -0.2) is 0 Å². The summed E-state index contributed by atoms with van der Waals surface area (Å²) in [7, 11) is 1.61. The Balaban J connectivity index is 1.55. The van der Waals surface area contributed by atoms with Crippen LogP contribution < -0.4 is 9.64 Å². The summed E-state index contributed by atoms with van der Waals surface area (Å²) in [6, 6.07) is 14.0. The van der Waals surface area contributed by atoms with E-state index in [-0.39, 0.29) is 17.2 Å². The first kappa shape index (κ1) is 20.1. The van der Waals surface area contributed by atoms with Crippen molar-refractivity contribution in [2.24, 2.45) is 0 Å². The van der Waals surface area contributed by atoms with Gasteiger partial charge in [0.25, 0.3) is 0 Å². The molecule has 0 radical (unpaired) electrons. The molecule has 2 heterocycles. The molecule has 30 heavy (non-hydrogen) atoms. The van der Waals surface area contributed by atoms with Gasteiger partial charge in [0.1, 0.15) is 5.75 Å². The van der Waals surface area contributed by atoms with E-state index >= 15 is 0 Å². The van der Waals surface area contributed by atoms with Crippen LogP contribution in [-0.2, 0) is 10.2 Å². The highest BCUT2D eigenvalue weighted by atomic mass is 16.5. The first-order chi connectivity index (χ1) is 14.3. The molecule has 1 atom stereocenters. The molecule has 0 aliphatic carbocycles. The van der Waals surface area contributed by atoms with E-state index in [1.165, 1.54) is 5.56 Å². The lowest BCUT2D eigenvalue weighted by Crippen LogP contribution is -2.25. The molecule has 1 amide bonds. The lowest BCUT2D eigenvalue weighted by molar-refractivity contribution is -0.117. The highest BCUT2D eigenvalue weighted by molar-refractivity contribution is 5.97. The van der Waals surface area contributed by atoms with Crippen molar-refractivity contribution < 1.29 is 14.1 Å². The van der Waals surface area contributed by atoms with E-state index in [0.717, 1.165) is 16.8 Å².